The molecule has 0 aliphatic carbocycles. The third kappa shape index (κ3) is 4.03. The molecule has 0 spiro atoms. The minimum atomic E-state index is 0.673. The highest BCUT2D eigenvalue weighted by Crippen LogP contribution is 2.19. The van der Waals surface area contributed by atoms with Crippen LogP contribution in [0.15, 0.2) is 18.2 Å². The van der Waals surface area contributed by atoms with E-state index in [2.05, 4.69) is 31.0 Å². The molecule has 90 valence electrons. The monoisotopic (exact) mass is 241 g/mol. The molecule has 0 heterocycles. The Hall–Kier alpha value is -0.730. The van der Waals surface area contributed by atoms with E-state index in [-0.39, 0.29) is 0 Å². The fourth-order valence-electron chi connectivity index (χ4n) is 1.66. The summed E-state index contributed by atoms with van der Waals surface area (Å²) in [5, 5.41) is 0. The summed E-state index contributed by atoms with van der Waals surface area (Å²) in [7, 11) is 2.08. The van der Waals surface area contributed by atoms with Crippen LogP contribution in [0.5, 0.6) is 5.75 Å². The lowest BCUT2D eigenvalue weighted by Crippen LogP contribution is -2.20. The molecule has 3 heteroatoms. The van der Waals surface area contributed by atoms with E-state index < -0.39 is 0 Å². The van der Waals surface area contributed by atoms with Crippen LogP contribution in [-0.2, 0) is 6.54 Å². The predicted molar refractivity (Wildman–Crippen MR) is 69.4 cm³/mol. The van der Waals surface area contributed by atoms with Gasteiger partial charge < -0.3 is 9.64 Å². The van der Waals surface area contributed by atoms with Gasteiger partial charge in [-0.2, -0.15) is 0 Å². The first-order valence-electron chi connectivity index (χ1n) is 5.64. The maximum Gasteiger partial charge on any atom is 0.122 e. The molecule has 0 atom stereocenters. The molecule has 0 aliphatic rings. The van der Waals surface area contributed by atoms with Crippen LogP contribution in [0.25, 0.3) is 0 Å². The zero-order chi connectivity index (χ0) is 12.0. The largest absolute Gasteiger partial charge is 0.494 e. The van der Waals surface area contributed by atoms with Crippen LogP contribution in [0.4, 0.5) is 0 Å². The normalized spacial score (nSPS) is 10.8. The second-order valence-corrected chi connectivity index (χ2v) is 4.34. The van der Waals surface area contributed by atoms with Crippen molar-refractivity contribution in [1.29, 1.82) is 0 Å². The Morgan fingerprint density at radius 1 is 1.38 bits per heavy atom. The van der Waals surface area contributed by atoms with Crippen LogP contribution >= 0.6 is 11.6 Å². The first-order valence-corrected chi connectivity index (χ1v) is 6.17. The van der Waals surface area contributed by atoms with Gasteiger partial charge in [-0.1, -0.05) is 12.1 Å². The topological polar surface area (TPSA) is 12.5 Å². The number of alkyl halides is 1. The van der Waals surface area contributed by atoms with Crippen molar-refractivity contribution in [1.82, 2.24) is 4.90 Å². The van der Waals surface area contributed by atoms with Crippen molar-refractivity contribution in [3.8, 4) is 5.75 Å². The fraction of sp³-hybridized carbons (Fsp3) is 0.538. The average Bonchev–Trinajstić information content (AvgIpc) is 2.22. The first kappa shape index (κ1) is 13.3. The molecular formula is C13H20ClNO. The van der Waals surface area contributed by atoms with Gasteiger partial charge in [0.05, 0.1) is 6.61 Å². The third-order valence-corrected chi connectivity index (χ3v) is 2.63. The molecule has 0 aliphatic heterocycles. The predicted octanol–water partition coefficient (Wildman–Crippen LogP) is 3.06. The van der Waals surface area contributed by atoms with E-state index in [4.69, 9.17) is 16.3 Å². The van der Waals surface area contributed by atoms with Gasteiger partial charge in [0.1, 0.15) is 5.75 Å². The van der Waals surface area contributed by atoms with Gasteiger partial charge in [0, 0.05) is 19.0 Å². The molecule has 0 bridgehead atoms. The maximum absolute atomic E-state index is 5.70. The van der Waals surface area contributed by atoms with E-state index in [1.165, 1.54) is 11.1 Å². The molecule has 0 unspecified atom stereocenters. The van der Waals surface area contributed by atoms with Gasteiger partial charge in [0.25, 0.3) is 0 Å². The van der Waals surface area contributed by atoms with E-state index in [1.807, 2.05) is 13.0 Å². The Labute approximate surface area is 103 Å². The number of aryl methyl sites for hydroxylation is 1. The number of hydrogen-bond acceptors (Lipinski definition) is 2. The summed E-state index contributed by atoms with van der Waals surface area (Å²) in [6, 6.07) is 6.33. The highest BCUT2D eigenvalue weighted by atomic mass is 35.5. The smallest absolute Gasteiger partial charge is 0.122 e. The Morgan fingerprint density at radius 2 is 2.12 bits per heavy atom. The van der Waals surface area contributed by atoms with E-state index >= 15 is 0 Å². The Kier molecular flexibility index (Phi) is 5.64. The summed E-state index contributed by atoms with van der Waals surface area (Å²) in [4.78, 5) is 2.21. The van der Waals surface area contributed by atoms with Gasteiger partial charge in [0.15, 0.2) is 0 Å². The highest BCUT2D eigenvalue weighted by molar-refractivity contribution is 6.18. The lowest BCUT2D eigenvalue weighted by molar-refractivity contribution is 0.335. The Bertz CT molecular complexity index is 328. The molecule has 0 saturated carbocycles. The molecule has 2 nitrogen and oxygen atoms in total. The lowest BCUT2D eigenvalue weighted by atomic mass is 10.1. The van der Waals surface area contributed by atoms with Crippen molar-refractivity contribution < 1.29 is 4.74 Å². The summed E-state index contributed by atoms with van der Waals surface area (Å²) in [6.45, 7) is 6.64. The Balaban J connectivity index is 2.65. The van der Waals surface area contributed by atoms with Crippen LogP contribution in [0, 0.1) is 6.92 Å². The molecule has 1 rings (SSSR count). The van der Waals surface area contributed by atoms with Crippen LogP contribution < -0.4 is 4.74 Å². The van der Waals surface area contributed by atoms with Gasteiger partial charge in [-0.3, -0.25) is 0 Å². The molecule has 1 aromatic rings. The van der Waals surface area contributed by atoms with Crippen molar-refractivity contribution >= 4 is 11.6 Å². The molecule has 1 aromatic carbocycles. The molecule has 16 heavy (non-hydrogen) atoms. The standard InChI is InChI=1S/C13H20ClNO/c1-4-16-13-6-5-12(9-11(13)2)10-15(3)8-7-14/h5-6,9H,4,7-8,10H2,1-3H3. The SMILES string of the molecule is CCOc1ccc(CN(C)CCCl)cc1C. The van der Waals surface area contributed by atoms with E-state index in [0.29, 0.717) is 12.5 Å². The van der Waals surface area contributed by atoms with Gasteiger partial charge in [-0.25, -0.2) is 0 Å². The fourth-order valence-corrected chi connectivity index (χ4v) is 1.95. The minimum absolute atomic E-state index is 0.673. The average molecular weight is 242 g/mol. The maximum atomic E-state index is 5.70. The molecule has 0 fully saturated rings. The zero-order valence-corrected chi connectivity index (χ0v) is 11.0. The second-order valence-electron chi connectivity index (χ2n) is 3.96. The van der Waals surface area contributed by atoms with Crippen molar-refractivity contribution in [2.45, 2.75) is 20.4 Å². The Morgan fingerprint density at radius 3 is 2.69 bits per heavy atom. The summed E-state index contributed by atoms with van der Waals surface area (Å²) in [6.07, 6.45) is 0. The molecule has 0 saturated heterocycles. The van der Waals surface area contributed by atoms with Crippen LogP contribution in [0.3, 0.4) is 0 Å². The second kappa shape index (κ2) is 6.77. The highest BCUT2D eigenvalue weighted by Gasteiger charge is 2.03. The molecule has 0 N–H and O–H groups in total. The summed E-state index contributed by atoms with van der Waals surface area (Å²) >= 11 is 5.70. The van der Waals surface area contributed by atoms with Gasteiger partial charge >= 0.3 is 0 Å². The van der Waals surface area contributed by atoms with Gasteiger partial charge in [0.2, 0.25) is 0 Å². The first-order chi connectivity index (χ1) is 7.67. The number of benzene rings is 1. The van der Waals surface area contributed by atoms with E-state index in [9.17, 15) is 0 Å². The van der Waals surface area contributed by atoms with Crippen molar-refractivity contribution in [2.75, 3.05) is 26.1 Å². The summed E-state index contributed by atoms with van der Waals surface area (Å²) in [5.41, 5.74) is 2.49. The molecule has 0 radical (unpaired) electrons. The number of halogens is 1. The van der Waals surface area contributed by atoms with Crippen LogP contribution in [-0.4, -0.2) is 31.0 Å². The quantitative estimate of drug-likeness (QED) is 0.710. The number of rotatable bonds is 6. The molecule has 0 aromatic heterocycles. The van der Waals surface area contributed by atoms with E-state index in [0.717, 1.165) is 18.8 Å². The number of ether oxygens (including phenoxy) is 1. The minimum Gasteiger partial charge on any atom is -0.494 e. The molecular weight excluding hydrogens is 222 g/mol. The third-order valence-electron chi connectivity index (χ3n) is 2.46. The summed E-state index contributed by atoms with van der Waals surface area (Å²) in [5.74, 6) is 1.65. The van der Waals surface area contributed by atoms with Gasteiger partial charge in [-0.05, 0) is 38.1 Å². The van der Waals surface area contributed by atoms with Crippen molar-refractivity contribution in [3.05, 3.63) is 29.3 Å². The molecule has 0 amide bonds. The van der Waals surface area contributed by atoms with Crippen molar-refractivity contribution in [3.63, 3.8) is 0 Å². The number of nitrogens with zero attached hydrogens (tertiary/aromatic N) is 1. The van der Waals surface area contributed by atoms with Crippen molar-refractivity contribution in [2.24, 2.45) is 0 Å². The zero-order valence-electron chi connectivity index (χ0n) is 10.3. The van der Waals surface area contributed by atoms with E-state index in [1.54, 1.807) is 0 Å². The van der Waals surface area contributed by atoms with Crippen LogP contribution in [0.2, 0.25) is 0 Å². The van der Waals surface area contributed by atoms with Crippen LogP contribution in [0.1, 0.15) is 18.1 Å². The summed E-state index contributed by atoms with van der Waals surface area (Å²) < 4.78 is 5.51. The number of hydrogen-bond donors (Lipinski definition) is 0. The van der Waals surface area contributed by atoms with Gasteiger partial charge in [-0.15, -0.1) is 11.6 Å². The lowest BCUT2D eigenvalue weighted by Gasteiger charge is -2.16.